The number of fused-ring (bicyclic) bond motifs is 1. The molecule has 0 saturated carbocycles. The first-order valence-corrected chi connectivity index (χ1v) is 8.34. The van der Waals surface area contributed by atoms with E-state index in [2.05, 4.69) is 15.5 Å². The van der Waals surface area contributed by atoms with Crippen molar-refractivity contribution in [2.75, 3.05) is 17.2 Å². The summed E-state index contributed by atoms with van der Waals surface area (Å²) >= 11 is 1.52. The Balaban J connectivity index is 1.68. The maximum atomic E-state index is 12.1. The van der Waals surface area contributed by atoms with Gasteiger partial charge in [-0.3, -0.25) is 4.79 Å². The Labute approximate surface area is 138 Å². The first-order chi connectivity index (χ1) is 11.2. The van der Waals surface area contributed by atoms with E-state index in [0.717, 1.165) is 31.2 Å². The number of amides is 1. The lowest BCUT2D eigenvalue weighted by atomic mass is 9.98. The molecule has 1 heterocycles. The van der Waals surface area contributed by atoms with Crippen molar-refractivity contribution >= 4 is 33.6 Å². The summed E-state index contributed by atoms with van der Waals surface area (Å²) in [6, 6.07) is 6.77. The fraction of sp³-hybridized carbons (Fsp3) is 0.294. The number of hydrogen-bond acceptors (Lipinski definition) is 4. The van der Waals surface area contributed by atoms with Gasteiger partial charge in [0.15, 0.2) is 0 Å². The number of aryl methyl sites for hydroxylation is 1. The molecule has 5 nitrogen and oxygen atoms in total. The number of aromatic hydroxyl groups is 1. The zero-order valence-corrected chi connectivity index (χ0v) is 13.4. The number of hydrogen-bond donors (Lipinski definition) is 3. The third-order valence-corrected chi connectivity index (χ3v) is 5.05. The molecule has 0 saturated heterocycles. The molecular weight excluding hydrogens is 310 g/mol. The molecule has 0 aliphatic heterocycles. The highest BCUT2D eigenvalue weighted by molar-refractivity contribution is 7.17. The van der Waals surface area contributed by atoms with Crippen LogP contribution in [0.1, 0.15) is 23.3 Å². The fourth-order valence-electron chi connectivity index (χ4n) is 2.72. The number of thiophene rings is 1. The van der Waals surface area contributed by atoms with Gasteiger partial charge in [-0.1, -0.05) is 18.6 Å². The monoisotopic (exact) mass is 327 g/mol. The Bertz CT molecular complexity index is 777. The van der Waals surface area contributed by atoms with Gasteiger partial charge in [0.2, 0.25) is 11.6 Å². The molecule has 3 rings (SSSR count). The molecule has 118 valence electrons. The van der Waals surface area contributed by atoms with Crippen LogP contribution in [-0.2, 0) is 17.6 Å². The van der Waals surface area contributed by atoms with Gasteiger partial charge in [0, 0.05) is 0 Å². The number of nitrogens with one attached hydrogen (secondary N) is 2. The molecule has 1 aliphatic rings. The zero-order valence-electron chi connectivity index (χ0n) is 12.6. The van der Waals surface area contributed by atoms with Gasteiger partial charge in [0.25, 0.3) is 0 Å². The zero-order chi connectivity index (χ0) is 16.2. The Morgan fingerprint density at radius 2 is 2.09 bits per heavy atom. The van der Waals surface area contributed by atoms with Crippen LogP contribution in [0.2, 0.25) is 0 Å². The lowest BCUT2D eigenvalue weighted by molar-refractivity contribution is -0.114. The number of phenols is 1. The second-order valence-electron chi connectivity index (χ2n) is 5.42. The molecular formula is C17H17N3O2S. The van der Waals surface area contributed by atoms with Crippen molar-refractivity contribution in [1.82, 2.24) is 0 Å². The summed E-state index contributed by atoms with van der Waals surface area (Å²) in [5, 5.41) is 16.1. The van der Waals surface area contributed by atoms with Crippen LogP contribution in [0.25, 0.3) is 4.85 Å². The molecule has 0 fully saturated rings. The minimum atomic E-state index is -0.225. The van der Waals surface area contributed by atoms with Crippen LogP contribution >= 0.6 is 11.3 Å². The molecule has 1 aromatic heterocycles. The molecule has 6 heteroatoms. The van der Waals surface area contributed by atoms with Crippen LogP contribution < -0.4 is 10.6 Å². The SMILES string of the molecule is [C-]#[N+]c1c(NC(=O)CNc2ccccc2O)sc2c1CCCC2. The van der Waals surface area contributed by atoms with Crippen molar-refractivity contribution in [3.63, 3.8) is 0 Å². The first kappa shape index (κ1) is 15.4. The second-order valence-corrected chi connectivity index (χ2v) is 6.52. The van der Waals surface area contributed by atoms with Crippen molar-refractivity contribution in [3.05, 3.63) is 46.1 Å². The molecule has 1 aliphatic carbocycles. The van der Waals surface area contributed by atoms with Crippen LogP contribution in [0.4, 0.5) is 16.4 Å². The van der Waals surface area contributed by atoms with E-state index >= 15 is 0 Å². The molecule has 0 unspecified atom stereocenters. The van der Waals surface area contributed by atoms with Gasteiger partial charge >= 0.3 is 0 Å². The summed E-state index contributed by atoms with van der Waals surface area (Å²) in [5.74, 6) is -0.120. The third-order valence-electron chi connectivity index (χ3n) is 3.85. The maximum Gasteiger partial charge on any atom is 0.243 e. The van der Waals surface area contributed by atoms with E-state index in [4.69, 9.17) is 6.57 Å². The van der Waals surface area contributed by atoms with Crippen molar-refractivity contribution in [2.45, 2.75) is 25.7 Å². The first-order valence-electron chi connectivity index (χ1n) is 7.52. The Morgan fingerprint density at radius 1 is 1.30 bits per heavy atom. The summed E-state index contributed by atoms with van der Waals surface area (Å²) in [6.07, 6.45) is 4.17. The van der Waals surface area contributed by atoms with E-state index in [1.807, 2.05) is 0 Å². The van der Waals surface area contributed by atoms with Crippen LogP contribution in [0, 0.1) is 6.57 Å². The molecule has 1 aromatic carbocycles. The van der Waals surface area contributed by atoms with Crippen molar-refractivity contribution in [1.29, 1.82) is 0 Å². The van der Waals surface area contributed by atoms with Gasteiger partial charge in [0.1, 0.15) is 10.8 Å². The molecule has 3 N–H and O–H groups in total. The van der Waals surface area contributed by atoms with Gasteiger partial charge < -0.3 is 15.7 Å². The summed E-state index contributed by atoms with van der Waals surface area (Å²) < 4.78 is 0. The lowest BCUT2D eigenvalue weighted by Gasteiger charge is -2.10. The largest absolute Gasteiger partial charge is 0.506 e. The number of carbonyl (C=O) groups excluding carboxylic acids is 1. The van der Waals surface area contributed by atoms with Crippen molar-refractivity contribution in [3.8, 4) is 5.75 Å². The van der Waals surface area contributed by atoms with Crippen molar-refractivity contribution in [2.24, 2.45) is 0 Å². The average Bonchev–Trinajstić information content (AvgIpc) is 2.91. The minimum Gasteiger partial charge on any atom is -0.506 e. The second kappa shape index (κ2) is 6.71. The van der Waals surface area contributed by atoms with E-state index in [1.54, 1.807) is 24.3 Å². The lowest BCUT2D eigenvalue weighted by Crippen LogP contribution is -2.21. The number of para-hydroxylation sites is 2. The smallest absolute Gasteiger partial charge is 0.243 e. The highest BCUT2D eigenvalue weighted by Gasteiger charge is 2.21. The fourth-order valence-corrected chi connectivity index (χ4v) is 3.97. The summed E-state index contributed by atoms with van der Waals surface area (Å²) in [6.45, 7) is 7.42. The number of carbonyl (C=O) groups is 1. The molecule has 1 amide bonds. The quantitative estimate of drug-likeness (QED) is 0.589. The summed E-state index contributed by atoms with van der Waals surface area (Å²) in [7, 11) is 0. The average molecular weight is 327 g/mol. The van der Waals surface area contributed by atoms with Crippen LogP contribution in [0.5, 0.6) is 5.75 Å². The summed E-state index contributed by atoms with van der Waals surface area (Å²) in [5.41, 5.74) is 2.22. The Morgan fingerprint density at radius 3 is 2.87 bits per heavy atom. The maximum absolute atomic E-state index is 12.1. The van der Waals surface area contributed by atoms with Gasteiger partial charge in [-0.05, 0) is 41.8 Å². The molecule has 0 atom stereocenters. The number of phenolic OH excluding ortho intramolecular Hbond substituents is 1. The van der Waals surface area contributed by atoms with E-state index in [-0.39, 0.29) is 18.2 Å². The molecule has 0 spiro atoms. The van der Waals surface area contributed by atoms with E-state index in [1.165, 1.54) is 16.2 Å². The highest BCUT2D eigenvalue weighted by atomic mass is 32.1. The third kappa shape index (κ3) is 3.30. The summed E-state index contributed by atoms with van der Waals surface area (Å²) in [4.78, 5) is 17.0. The Hall–Kier alpha value is -2.52. The molecule has 0 radical (unpaired) electrons. The number of anilines is 2. The molecule has 23 heavy (non-hydrogen) atoms. The predicted molar refractivity (Wildman–Crippen MR) is 92.4 cm³/mol. The van der Waals surface area contributed by atoms with Gasteiger partial charge in [0.05, 0.1) is 18.8 Å². The topological polar surface area (TPSA) is 65.7 Å². The highest BCUT2D eigenvalue weighted by Crippen LogP contribution is 2.43. The van der Waals surface area contributed by atoms with Crippen LogP contribution in [0.15, 0.2) is 24.3 Å². The predicted octanol–water partition coefficient (Wildman–Crippen LogP) is 3.93. The number of nitrogens with zero attached hydrogens (tertiary/aromatic N) is 1. The van der Waals surface area contributed by atoms with Crippen molar-refractivity contribution < 1.29 is 9.90 Å². The van der Waals surface area contributed by atoms with E-state index in [9.17, 15) is 9.90 Å². The van der Waals surface area contributed by atoms with Gasteiger partial charge in [-0.2, -0.15) is 0 Å². The number of rotatable bonds is 4. The number of benzene rings is 1. The van der Waals surface area contributed by atoms with E-state index < -0.39 is 0 Å². The van der Waals surface area contributed by atoms with Crippen LogP contribution in [-0.4, -0.2) is 17.6 Å². The Kier molecular flexibility index (Phi) is 4.49. The minimum absolute atomic E-state index is 0.0393. The van der Waals surface area contributed by atoms with Gasteiger partial charge in [-0.25, -0.2) is 4.85 Å². The van der Waals surface area contributed by atoms with E-state index in [0.29, 0.717) is 16.4 Å². The van der Waals surface area contributed by atoms with Crippen LogP contribution in [0.3, 0.4) is 0 Å². The molecule has 0 bridgehead atoms. The van der Waals surface area contributed by atoms with Gasteiger partial charge in [-0.15, -0.1) is 11.3 Å². The standard InChI is InChI=1S/C17H17N3O2S/c1-18-16-11-6-2-5-9-14(11)23-17(16)20-15(22)10-19-12-7-3-4-8-13(12)21/h3-4,7-8,19,21H,2,5-6,9-10H2,(H,20,22). The normalized spacial score (nSPS) is 13.0. The molecule has 2 aromatic rings.